The van der Waals surface area contributed by atoms with E-state index in [2.05, 4.69) is 4.90 Å². The molecule has 180 valence electrons. The van der Waals surface area contributed by atoms with Crippen LogP contribution in [0.3, 0.4) is 0 Å². The fourth-order valence-corrected chi connectivity index (χ4v) is 5.26. The molecule has 5 aromatic carbocycles. The number of rotatable bonds is 1. The van der Waals surface area contributed by atoms with Crippen molar-refractivity contribution in [3.05, 3.63) is 124 Å². The van der Waals surface area contributed by atoms with E-state index in [1.807, 2.05) is 66.7 Å². The quantitative estimate of drug-likeness (QED) is 0.217. The minimum absolute atomic E-state index is 0.182. The Kier molecular flexibility index (Phi) is 4.14. The molecular weight excluding hydrogens is 478 g/mol. The topological polar surface area (TPSA) is 72.9 Å². The van der Waals surface area contributed by atoms with Crippen LogP contribution in [-0.2, 0) is 0 Å². The highest BCUT2D eigenvalue weighted by molar-refractivity contribution is 6.01. The lowest BCUT2D eigenvalue weighted by Crippen LogP contribution is -2.16. The highest BCUT2D eigenvalue weighted by Crippen LogP contribution is 2.50. The van der Waals surface area contributed by atoms with Crippen molar-refractivity contribution < 1.29 is 13.6 Å². The average molecular weight is 495 g/mol. The van der Waals surface area contributed by atoms with Crippen LogP contribution < -0.4 is 20.5 Å². The molecule has 0 saturated heterocycles. The zero-order valence-electron chi connectivity index (χ0n) is 19.8. The van der Waals surface area contributed by atoms with Gasteiger partial charge in [0.1, 0.15) is 22.3 Å². The van der Waals surface area contributed by atoms with Crippen LogP contribution in [-0.4, -0.2) is 0 Å². The first-order valence-electron chi connectivity index (χ1n) is 12.2. The first-order valence-corrected chi connectivity index (χ1v) is 12.2. The van der Waals surface area contributed by atoms with Crippen LogP contribution >= 0.6 is 0 Å². The number of hydrogen-bond donors (Lipinski definition) is 0. The molecule has 0 fully saturated rings. The lowest BCUT2D eigenvalue weighted by molar-refractivity contribution is 0.477. The highest BCUT2D eigenvalue weighted by atomic mass is 16.5. The molecule has 0 bridgehead atoms. The number of para-hydroxylation sites is 5. The van der Waals surface area contributed by atoms with Crippen molar-refractivity contribution in [1.29, 1.82) is 0 Å². The summed E-state index contributed by atoms with van der Waals surface area (Å²) in [5.41, 5.74) is 3.80. The molecule has 0 N–H and O–H groups in total. The molecule has 7 aromatic rings. The van der Waals surface area contributed by atoms with E-state index in [1.54, 1.807) is 36.4 Å². The molecule has 6 heteroatoms. The predicted molar refractivity (Wildman–Crippen MR) is 148 cm³/mol. The monoisotopic (exact) mass is 495 g/mol. The van der Waals surface area contributed by atoms with E-state index in [1.165, 1.54) is 0 Å². The molecule has 8 rings (SSSR count). The van der Waals surface area contributed by atoms with Crippen molar-refractivity contribution in [3.8, 4) is 11.5 Å². The van der Waals surface area contributed by atoms with Crippen molar-refractivity contribution in [2.45, 2.75) is 0 Å². The minimum Gasteiger partial charge on any atom is -0.456 e. The Morgan fingerprint density at radius 3 is 1.74 bits per heavy atom. The fourth-order valence-electron chi connectivity index (χ4n) is 5.26. The van der Waals surface area contributed by atoms with Gasteiger partial charge in [0, 0.05) is 11.8 Å². The van der Waals surface area contributed by atoms with Crippen LogP contribution in [0.5, 0.6) is 11.5 Å². The van der Waals surface area contributed by atoms with Crippen molar-refractivity contribution in [1.82, 2.24) is 0 Å². The molecule has 3 heterocycles. The number of fused-ring (bicyclic) bond motifs is 6. The van der Waals surface area contributed by atoms with E-state index in [4.69, 9.17) is 13.6 Å². The molecule has 0 radical (unpaired) electrons. The van der Waals surface area contributed by atoms with E-state index in [0.29, 0.717) is 43.9 Å². The molecule has 0 spiro atoms. The summed E-state index contributed by atoms with van der Waals surface area (Å²) in [7, 11) is 0. The van der Waals surface area contributed by atoms with E-state index in [-0.39, 0.29) is 10.9 Å². The first-order chi connectivity index (χ1) is 18.7. The molecule has 38 heavy (non-hydrogen) atoms. The normalized spacial score (nSPS) is 12.6. The first kappa shape index (κ1) is 20.8. The summed E-state index contributed by atoms with van der Waals surface area (Å²) < 4.78 is 18.3. The lowest BCUT2D eigenvalue weighted by atomic mass is 10.1. The Labute approximate surface area is 214 Å². The smallest absolute Gasteiger partial charge is 0.200 e. The number of ether oxygens (including phenoxy) is 1. The van der Waals surface area contributed by atoms with Crippen LogP contribution in [0.2, 0.25) is 0 Å². The zero-order valence-corrected chi connectivity index (χ0v) is 19.8. The lowest BCUT2D eigenvalue weighted by Gasteiger charge is -2.32. The summed E-state index contributed by atoms with van der Waals surface area (Å²) in [5, 5.41) is 1.56. The Hall–Kier alpha value is -5.36. The second-order valence-electron chi connectivity index (χ2n) is 9.26. The maximum absolute atomic E-state index is 13.8. The van der Waals surface area contributed by atoms with Gasteiger partial charge in [-0.3, -0.25) is 9.59 Å². The number of anilines is 3. The molecule has 0 atom stereocenters. The molecule has 0 amide bonds. The molecule has 1 aliphatic rings. The predicted octanol–water partition coefficient (Wildman–Crippen LogP) is 7.78. The van der Waals surface area contributed by atoms with Gasteiger partial charge in [-0.25, -0.2) is 0 Å². The largest absolute Gasteiger partial charge is 0.456 e. The minimum atomic E-state index is -0.215. The molecule has 0 saturated carbocycles. The molecule has 1 aliphatic heterocycles. The second kappa shape index (κ2) is 7.57. The molecular formula is C32H17NO5. The van der Waals surface area contributed by atoms with Gasteiger partial charge in [-0.2, -0.15) is 0 Å². The van der Waals surface area contributed by atoms with E-state index >= 15 is 0 Å². The standard InChI is InChI=1S/C32H17NO5/c34-31-19-7-1-4-10-25(19)36-29-17-30-22(16-21(29)31)32(35)20-15-18(13-14-26(20)37-30)33-23-8-2-5-11-27(23)38-28-12-6-3-9-24(28)33/h1-17H. The van der Waals surface area contributed by atoms with Gasteiger partial charge in [0.2, 0.25) is 10.9 Å². The van der Waals surface area contributed by atoms with Gasteiger partial charge in [-0.1, -0.05) is 36.4 Å². The summed E-state index contributed by atoms with van der Waals surface area (Å²) in [4.78, 5) is 29.1. The zero-order chi connectivity index (χ0) is 25.4. The summed E-state index contributed by atoms with van der Waals surface area (Å²) >= 11 is 0. The highest BCUT2D eigenvalue weighted by Gasteiger charge is 2.26. The fraction of sp³-hybridized carbons (Fsp3) is 0. The van der Waals surface area contributed by atoms with Crippen molar-refractivity contribution in [2.24, 2.45) is 0 Å². The van der Waals surface area contributed by atoms with Crippen molar-refractivity contribution in [3.63, 3.8) is 0 Å². The van der Waals surface area contributed by atoms with E-state index in [0.717, 1.165) is 28.6 Å². The third kappa shape index (κ3) is 2.88. The van der Waals surface area contributed by atoms with Crippen LogP contribution in [0.4, 0.5) is 17.1 Å². The van der Waals surface area contributed by atoms with Gasteiger partial charge >= 0.3 is 0 Å². The maximum atomic E-state index is 13.8. The Morgan fingerprint density at radius 1 is 0.474 bits per heavy atom. The number of benzene rings is 5. The molecule has 0 unspecified atom stereocenters. The summed E-state index contributed by atoms with van der Waals surface area (Å²) in [5.74, 6) is 1.45. The Balaban J connectivity index is 1.39. The van der Waals surface area contributed by atoms with Crippen LogP contribution in [0.15, 0.2) is 122 Å². The van der Waals surface area contributed by atoms with Crippen LogP contribution in [0, 0.1) is 0 Å². The van der Waals surface area contributed by atoms with Gasteiger partial charge in [0.05, 0.1) is 32.9 Å². The second-order valence-corrected chi connectivity index (χ2v) is 9.26. The third-order valence-corrected chi connectivity index (χ3v) is 7.04. The summed E-state index contributed by atoms with van der Waals surface area (Å²) in [6, 6.07) is 31.4. The van der Waals surface area contributed by atoms with E-state index < -0.39 is 0 Å². The maximum Gasteiger partial charge on any atom is 0.200 e. The van der Waals surface area contributed by atoms with Gasteiger partial charge in [0.25, 0.3) is 0 Å². The van der Waals surface area contributed by atoms with Gasteiger partial charge in [-0.05, 0) is 60.7 Å². The van der Waals surface area contributed by atoms with Gasteiger partial charge in [-0.15, -0.1) is 0 Å². The number of nitrogens with zero attached hydrogens (tertiary/aromatic N) is 1. The third-order valence-electron chi connectivity index (χ3n) is 7.04. The SMILES string of the molecule is O=c1c2ccccc2oc2cc3oc4ccc(N5c6ccccc6Oc6ccccc65)cc4c(=O)c3cc12. The van der Waals surface area contributed by atoms with Gasteiger partial charge < -0.3 is 18.5 Å². The molecule has 0 aliphatic carbocycles. The molecule has 2 aromatic heterocycles. The number of hydrogen-bond acceptors (Lipinski definition) is 6. The Bertz CT molecular complexity index is 2180. The van der Waals surface area contributed by atoms with E-state index in [9.17, 15) is 9.59 Å². The van der Waals surface area contributed by atoms with Crippen molar-refractivity contribution >= 4 is 60.9 Å². The van der Waals surface area contributed by atoms with Gasteiger partial charge in [0.15, 0.2) is 11.5 Å². The Morgan fingerprint density at radius 2 is 1.03 bits per heavy atom. The average Bonchev–Trinajstić information content (AvgIpc) is 2.95. The summed E-state index contributed by atoms with van der Waals surface area (Å²) in [6.07, 6.45) is 0. The van der Waals surface area contributed by atoms with Crippen LogP contribution in [0.1, 0.15) is 0 Å². The van der Waals surface area contributed by atoms with Crippen LogP contribution in [0.25, 0.3) is 43.9 Å². The summed E-state index contributed by atoms with van der Waals surface area (Å²) in [6.45, 7) is 0. The molecule has 6 nitrogen and oxygen atoms in total. The van der Waals surface area contributed by atoms with Crippen molar-refractivity contribution in [2.75, 3.05) is 4.90 Å².